The number of hydrogen-bond acceptors (Lipinski definition) is 6. The van der Waals surface area contributed by atoms with Crippen molar-refractivity contribution in [3.05, 3.63) is 47.4 Å². The van der Waals surface area contributed by atoms with Crippen molar-refractivity contribution in [1.82, 2.24) is 15.3 Å². The van der Waals surface area contributed by atoms with E-state index >= 15 is 0 Å². The van der Waals surface area contributed by atoms with Crippen molar-refractivity contribution in [2.45, 2.75) is 52.6 Å². The summed E-state index contributed by atoms with van der Waals surface area (Å²) in [5.41, 5.74) is 2.88. The number of benzene rings is 1. The minimum Gasteiger partial charge on any atom is -0.480 e. The molecule has 0 saturated heterocycles. The van der Waals surface area contributed by atoms with Gasteiger partial charge < -0.3 is 20.6 Å². The van der Waals surface area contributed by atoms with Gasteiger partial charge in [-0.1, -0.05) is 19.1 Å². The van der Waals surface area contributed by atoms with Crippen LogP contribution in [-0.2, 0) is 11.3 Å². The van der Waals surface area contributed by atoms with Gasteiger partial charge in [0.05, 0.1) is 0 Å². The fourth-order valence-electron chi connectivity index (χ4n) is 3.35. The number of anilines is 2. The molecule has 1 aromatic heterocycles. The summed E-state index contributed by atoms with van der Waals surface area (Å²) in [7, 11) is 0. The molecule has 1 aromatic carbocycles. The van der Waals surface area contributed by atoms with Gasteiger partial charge in [-0.25, -0.2) is 9.97 Å². The van der Waals surface area contributed by atoms with Gasteiger partial charge in [0.1, 0.15) is 23.9 Å². The number of hydrogen-bond donors (Lipinski definition) is 3. The highest BCUT2D eigenvalue weighted by Gasteiger charge is 2.25. The van der Waals surface area contributed by atoms with E-state index in [-0.39, 0.29) is 5.91 Å². The maximum Gasteiger partial charge on any atom is 0.320 e. The smallest absolute Gasteiger partial charge is 0.320 e. The fraction of sp³-hybridized carbons (Fsp3) is 0.478. The maximum atomic E-state index is 12.8. The molecule has 2 aromatic rings. The molecule has 1 amide bonds. The maximum absolute atomic E-state index is 12.8. The number of aliphatic carboxylic acids is 1. The summed E-state index contributed by atoms with van der Waals surface area (Å²) in [5.74, 6) is 0.354. The van der Waals surface area contributed by atoms with Crippen LogP contribution in [0, 0.1) is 12.8 Å². The first-order chi connectivity index (χ1) is 14.9. The van der Waals surface area contributed by atoms with Gasteiger partial charge in [-0.15, -0.1) is 0 Å². The van der Waals surface area contributed by atoms with E-state index in [1.807, 2.05) is 25.1 Å². The van der Waals surface area contributed by atoms with Crippen LogP contribution in [0.3, 0.4) is 0 Å². The molecule has 0 unspecified atom stereocenters. The van der Waals surface area contributed by atoms with Crippen molar-refractivity contribution in [3.8, 4) is 0 Å². The molecule has 1 saturated carbocycles. The molecule has 3 rings (SSSR count). The third-order valence-electron chi connectivity index (χ3n) is 5.40. The number of carbonyl (C=O) groups is 2. The summed E-state index contributed by atoms with van der Waals surface area (Å²) in [6, 6.07) is 6.76. The first-order valence-electron chi connectivity index (χ1n) is 10.8. The molecule has 166 valence electrons. The summed E-state index contributed by atoms with van der Waals surface area (Å²) in [4.78, 5) is 34.5. The van der Waals surface area contributed by atoms with Crippen LogP contribution in [0.5, 0.6) is 0 Å². The molecule has 1 heterocycles. The predicted molar refractivity (Wildman–Crippen MR) is 120 cm³/mol. The summed E-state index contributed by atoms with van der Waals surface area (Å²) in [6.07, 6.45) is 4.99. The van der Waals surface area contributed by atoms with Crippen LogP contribution in [0.1, 0.15) is 54.7 Å². The highest BCUT2D eigenvalue weighted by atomic mass is 16.4. The van der Waals surface area contributed by atoms with Gasteiger partial charge in [0.25, 0.3) is 5.91 Å². The van der Waals surface area contributed by atoms with Crippen molar-refractivity contribution >= 4 is 23.4 Å². The Bertz CT molecular complexity index is 929. The standard InChI is InChI=1S/C23H31N5O3/c1-4-9-28(13-17-5-6-17)21-11-20(25-14-26-21)22(29)27-19-8-7-18(10-15(19)2)12-24-16(3)23(30)31/h7-8,10-11,14,16-17,24H,4-6,9,12-13H2,1-3H3,(H,27,29)(H,30,31)/t16-/m0/s1. The lowest BCUT2D eigenvalue weighted by molar-refractivity contribution is -0.139. The van der Waals surface area contributed by atoms with Gasteiger partial charge in [0.15, 0.2) is 0 Å². The molecule has 1 atom stereocenters. The quantitative estimate of drug-likeness (QED) is 0.507. The molecule has 0 aliphatic heterocycles. The fourth-order valence-corrected chi connectivity index (χ4v) is 3.35. The third-order valence-corrected chi connectivity index (χ3v) is 5.40. The van der Waals surface area contributed by atoms with Gasteiger partial charge in [-0.3, -0.25) is 9.59 Å². The summed E-state index contributed by atoms with van der Waals surface area (Å²) < 4.78 is 0. The summed E-state index contributed by atoms with van der Waals surface area (Å²) >= 11 is 0. The van der Waals surface area contributed by atoms with Gasteiger partial charge in [-0.2, -0.15) is 0 Å². The van der Waals surface area contributed by atoms with Crippen LogP contribution in [0.4, 0.5) is 11.5 Å². The van der Waals surface area contributed by atoms with Crippen LogP contribution in [0.15, 0.2) is 30.6 Å². The topological polar surface area (TPSA) is 107 Å². The number of aromatic nitrogens is 2. The zero-order chi connectivity index (χ0) is 22.4. The number of carboxylic acids is 1. The van der Waals surface area contributed by atoms with Crippen LogP contribution in [-0.4, -0.2) is 46.1 Å². The molecule has 0 spiro atoms. The normalized spacial score (nSPS) is 14.2. The highest BCUT2D eigenvalue weighted by molar-refractivity contribution is 6.03. The van der Waals surface area contributed by atoms with E-state index in [9.17, 15) is 9.59 Å². The SMILES string of the molecule is CCCN(CC1CC1)c1cc(C(=O)Nc2ccc(CN[C@@H](C)C(=O)O)cc2C)ncn1. The molecule has 1 fully saturated rings. The zero-order valence-electron chi connectivity index (χ0n) is 18.4. The van der Waals surface area contributed by atoms with Gasteiger partial charge in [0, 0.05) is 31.4 Å². The van der Waals surface area contributed by atoms with Gasteiger partial charge in [0.2, 0.25) is 0 Å². The van der Waals surface area contributed by atoms with E-state index in [1.165, 1.54) is 19.2 Å². The van der Waals surface area contributed by atoms with E-state index in [1.54, 1.807) is 13.0 Å². The van der Waals surface area contributed by atoms with Crippen LogP contribution in [0.25, 0.3) is 0 Å². The number of rotatable bonds is 11. The summed E-state index contributed by atoms with van der Waals surface area (Å²) in [5, 5.41) is 14.8. The minimum absolute atomic E-state index is 0.278. The Hall–Kier alpha value is -3.00. The van der Waals surface area contributed by atoms with Gasteiger partial charge in [-0.05, 0) is 56.2 Å². The second-order valence-corrected chi connectivity index (χ2v) is 8.20. The second-order valence-electron chi connectivity index (χ2n) is 8.20. The Morgan fingerprint density at radius 1 is 1.26 bits per heavy atom. The number of nitrogens with zero attached hydrogens (tertiary/aromatic N) is 3. The second kappa shape index (κ2) is 10.3. The molecule has 8 nitrogen and oxygen atoms in total. The largest absolute Gasteiger partial charge is 0.480 e. The molecular formula is C23H31N5O3. The Morgan fingerprint density at radius 3 is 2.68 bits per heavy atom. The number of nitrogens with one attached hydrogen (secondary N) is 2. The van der Waals surface area contributed by atoms with E-state index in [2.05, 4.69) is 32.4 Å². The highest BCUT2D eigenvalue weighted by Crippen LogP contribution is 2.31. The van der Waals surface area contributed by atoms with Crippen molar-refractivity contribution < 1.29 is 14.7 Å². The van der Waals surface area contributed by atoms with Crippen LogP contribution < -0.4 is 15.5 Å². The Balaban J connectivity index is 1.66. The molecule has 3 N–H and O–H groups in total. The molecule has 31 heavy (non-hydrogen) atoms. The van der Waals surface area contributed by atoms with Crippen molar-refractivity contribution in [1.29, 1.82) is 0 Å². The predicted octanol–water partition coefficient (Wildman–Crippen LogP) is 3.23. The first-order valence-corrected chi connectivity index (χ1v) is 10.8. The minimum atomic E-state index is -0.889. The Morgan fingerprint density at radius 2 is 2.03 bits per heavy atom. The lowest BCUT2D eigenvalue weighted by atomic mass is 10.1. The van der Waals surface area contributed by atoms with Crippen molar-refractivity contribution in [2.75, 3.05) is 23.3 Å². The lowest BCUT2D eigenvalue weighted by Crippen LogP contribution is -2.33. The number of aryl methyl sites for hydroxylation is 1. The first kappa shape index (κ1) is 22.7. The van der Waals surface area contributed by atoms with E-state index in [0.717, 1.165) is 42.4 Å². The number of carbonyl (C=O) groups excluding carboxylic acids is 1. The van der Waals surface area contributed by atoms with E-state index in [0.29, 0.717) is 17.9 Å². The number of carboxylic acid groups (broad SMARTS) is 1. The molecule has 1 aliphatic carbocycles. The van der Waals surface area contributed by atoms with E-state index in [4.69, 9.17) is 5.11 Å². The lowest BCUT2D eigenvalue weighted by Gasteiger charge is -2.23. The van der Waals surface area contributed by atoms with Crippen molar-refractivity contribution in [2.24, 2.45) is 5.92 Å². The van der Waals surface area contributed by atoms with Crippen LogP contribution in [0.2, 0.25) is 0 Å². The molecular weight excluding hydrogens is 394 g/mol. The summed E-state index contributed by atoms with van der Waals surface area (Å²) in [6.45, 7) is 7.96. The average Bonchev–Trinajstić information content (AvgIpc) is 3.57. The monoisotopic (exact) mass is 425 g/mol. The van der Waals surface area contributed by atoms with E-state index < -0.39 is 12.0 Å². The molecule has 8 heteroatoms. The third kappa shape index (κ3) is 6.49. The molecule has 1 aliphatic rings. The van der Waals surface area contributed by atoms with Gasteiger partial charge >= 0.3 is 5.97 Å². The average molecular weight is 426 g/mol. The Kier molecular flexibility index (Phi) is 7.57. The number of amides is 1. The molecule has 0 radical (unpaired) electrons. The zero-order valence-corrected chi connectivity index (χ0v) is 18.4. The molecule has 0 bridgehead atoms. The van der Waals surface area contributed by atoms with Crippen LogP contribution >= 0.6 is 0 Å². The van der Waals surface area contributed by atoms with Crippen molar-refractivity contribution in [3.63, 3.8) is 0 Å². The Labute approximate surface area is 183 Å².